The molecule has 37 heavy (non-hydrogen) atoms. The van der Waals surface area contributed by atoms with Crippen molar-refractivity contribution >= 4 is 11.5 Å². The standard InChI is InChI=1S/C25H24F3N7O2/c26-25(27,28)20-15-19(37-18-3-1-2-4-18)10-11-21(20)30-23-24(36)35(14-13-29-23)17-8-5-16(6-9-17)7-12-22-31-33-34-32-22/h5-6,8-11,13-15,18H,1-4,7,12H2,(H,29,30)(H,31,32,33,34). The van der Waals surface area contributed by atoms with E-state index in [2.05, 4.69) is 30.9 Å². The highest BCUT2D eigenvalue weighted by Crippen LogP contribution is 2.38. The van der Waals surface area contributed by atoms with Crippen molar-refractivity contribution in [1.82, 2.24) is 30.2 Å². The highest BCUT2D eigenvalue weighted by molar-refractivity contribution is 5.63. The van der Waals surface area contributed by atoms with E-state index in [9.17, 15) is 18.0 Å². The number of ether oxygens (including phenoxy) is 1. The summed E-state index contributed by atoms with van der Waals surface area (Å²) in [5, 5.41) is 16.3. The molecule has 192 valence electrons. The Bertz CT molecular complexity index is 1400. The third-order valence-corrected chi connectivity index (χ3v) is 6.24. The molecule has 2 aromatic carbocycles. The number of rotatable bonds is 8. The molecule has 1 saturated carbocycles. The number of H-pyrrole nitrogens is 1. The average molecular weight is 512 g/mol. The number of tetrazole rings is 1. The Morgan fingerprint density at radius 1 is 1.08 bits per heavy atom. The maximum atomic E-state index is 13.9. The molecule has 12 heteroatoms. The van der Waals surface area contributed by atoms with Crippen molar-refractivity contribution in [2.24, 2.45) is 0 Å². The van der Waals surface area contributed by atoms with E-state index in [4.69, 9.17) is 4.74 Å². The van der Waals surface area contributed by atoms with Gasteiger partial charge in [0, 0.05) is 24.5 Å². The maximum absolute atomic E-state index is 13.9. The number of halogens is 3. The van der Waals surface area contributed by atoms with Gasteiger partial charge in [0.1, 0.15) is 5.75 Å². The summed E-state index contributed by atoms with van der Waals surface area (Å²) in [6.07, 6.45) is 3.05. The van der Waals surface area contributed by atoms with E-state index in [1.807, 2.05) is 12.1 Å². The smallest absolute Gasteiger partial charge is 0.418 e. The minimum Gasteiger partial charge on any atom is -0.490 e. The number of aromatic amines is 1. The first-order valence-corrected chi connectivity index (χ1v) is 11.9. The summed E-state index contributed by atoms with van der Waals surface area (Å²) in [4.78, 5) is 17.1. The van der Waals surface area contributed by atoms with E-state index in [1.54, 1.807) is 12.1 Å². The largest absolute Gasteiger partial charge is 0.490 e. The number of alkyl halides is 3. The fraction of sp³-hybridized carbons (Fsp3) is 0.320. The van der Waals surface area contributed by atoms with E-state index in [1.165, 1.54) is 29.1 Å². The summed E-state index contributed by atoms with van der Waals surface area (Å²) in [7, 11) is 0. The minimum atomic E-state index is -4.65. The summed E-state index contributed by atoms with van der Waals surface area (Å²) in [5.41, 5.74) is -0.226. The van der Waals surface area contributed by atoms with Gasteiger partial charge in [-0.25, -0.2) is 4.98 Å². The Labute approximate surface area is 209 Å². The number of hydrogen-bond acceptors (Lipinski definition) is 7. The SMILES string of the molecule is O=c1c(Nc2ccc(OC3CCCC3)cc2C(F)(F)F)nccn1-c1ccc(CCc2nn[nH]n2)cc1. The van der Waals surface area contributed by atoms with Crippen LogP contribution in [-0.4, -0.2) is 36.3 Å². The van der Waals surface area contributed by atoms with E-state index in [-0.39, 0.29) is 23.4 Å². The Morgan fingerprint density at radius 2 is 1.86 bits per heavy atom. The highest BCUT2D eigenvalue weighted by Gasteiger charge is 2.35. The number of nitrogens with one attached hydrogen (secondary N) is 2. The zero-order valence-electron chi connectivity index (χ0n) is 19.7. The van der Waals surface area contributed by atoms with Gasteiger partial charge in [0.25, 0.3) is 5.56 Å². The van der Waals surface area contributed by atoms with Gasteiger partial charge in [-0.2, -0.15) is 18.4 Å². The maximum Gasteiger partial charge on any atom is 0.418 e. The van der Waals surface area contributed by atoms with E-state index < -0.39 is 17.3 Å². The second-order valence-electron chi connectivity index (χ2n) is 8.80. The van der Waals surface area contributed by atoms with Crippen LogP contribution in [0.2, 0.25) is 0 Å². The van der Waals surface area contributed by atoms with Crippen LogP contribution in [0.4, 0.5) is 24.7 Å². The van der Waals surface area contributed by atoms with E-state index >= 15 is 0 Å². The molecule has 1 aliphatic rings. The first-order valence-electron chi connectivity index (χ1n) is 11.9. The van der Waals surface area contributed by atoms with Gasteiger partial charge in [-0.1, -0.05) is 17.3 Å². The Kier molecular flexibility index (Phi) is 6.89. The van der Waals surface area contributed by atoms with Crippen molar-refractivity contribution in [3.8, 4) is 11.4 Å². The molecule has 0 amide bonds. The van der Waals surface area contributed by atoms with Crippen LogP contribution in [-0.2, 0) is 19.0 Å². The third kappa shape index (κ3) is 5.79. The molecule has 5 rings (SSSR count). The van der Waals surface area contributed by atoms with Crippen LogP contribution in [0.5, 0.6) is 5.75 Å². The molecular formula is C25H24F3N7O2. The monoisotopic (exact) mass is 511 g/mol. The van der Waals surface area contributed by atoms with Gasteiger partial charge in [-0.15, -0.1) is 10.2 Å². The molecule has 2 N–H and O–H groups in total. The van der Waals surface area contributed by atoms with Crippen LogP contribution >= 0.6 is 0 Å². The fourth-order valence-electron chi connectivity index (χ4n) is 4.33. The summed E-state index contributed by atoms with van der Waals surface area (Å²) < 4.78 is 48.7. The van der Waals surface area contributed by atoms with Crippen LogP contribution in [0, 0.1) is 0 Å². The molecule has 0 aliphatic heterocycles. The normalized spacial score (nSPS) is 14.1. The molecular weight excluding hydrogens is 487 g/mol. The summed E-state index contributed by atoms with van der Waals surface area (Å²) in [6, 6.07) is 10.9. The zero-order chi connectivity index (χ0) is 25.8. The Morgan fingerprint density at radius 3 is 2.57 bits per heavy atom. The van der Waals surface area contributed by atoms with E-state index in [0.29, 0.717) is 24.4 Å². The molecule has 0 atom stereocenters. The van der Waals surface area contributed by atoms with Crippen molar-refractivity contribution in [2.75, 3.05) is 5.32 Å². The molecule has 4 aromatic rings. The van der Waals surface area contributed by atoms with Gasteiger partial charge >= 0.3 is 6.18 Å². The van der Waals surface area contributed by atoms with Crippen LogP contribution in [0.1, 0.15) is 42.6 Å². The number of nitrogens with zero attached hydrogens (tertiary/aromatic N) is 5. The molecule has 0 spiro atoms. The zero-order valence-corrected chi connectivity index (χ0v) is 19.7. The second kappa shape index (κ2) is 10.4. The predicted molar refractivity (Wildman–Crippen MR) is 129 cm³/mol. The summed E-state index contributed by atoms with van der Waals surface area (Å²) in [6.45, 7) is 0. The van der Waals surface area contributed by atoms with Crippen LogP contribution in [0.3, 0.4) is 0 Å². The van der Waals surface area contributed by atoms with Crippen molar-refractivity contribution in [2.45, 2.75) is 50.8 Å². The fourth-order valence-corrected chi connectivity index (χ4v) is 4.33. The highest BCUT2D eigenvalue weighted by atomic mass is 19.4. The Balaban J connectivity index is 1.36. The summed E-state index contributed by atoms with van der Waals surface area (Å²) in [5.74, 6) is 0.530. The van der Waals surface area contributed by atoms with Crippen molar-refractivity contribution in [1.29, 1.82) is 0 Å². The van der Waals surface area contributed by atoms with Crippen LogP contribution in [0.25, 0.3) is 5.69 Å². The molecule has 2 aromatic heterocycles. The lowest BCUT2D eigenvalue weighted by molar-refractivity contribution is -0.137. The van der Waals surface area contributed by atoms with Crippen molar-refractivity contribution in [3.63, 3.8) is 0 Å². The van der Waals surface area contributed by atoms with Gasteiger partial charge in [-0.05, 0) is 68.0 Å². The lowest BCUT2D eigenvalue weighted by Gasteiger charge is -2.18. The quantitative estimate of drug-likeness (QED) is 0.355. The number of aryl methyl sites for hydroxylation is 2. The van der Waals surface area contributed by atoms with Gasteiger partial charge in [0.05, 0.1) is 17.4 Å². The van der Waals surface area contributed by atoms with Crippen LogP contribution in [0.15, 0.2) is 59.7 Å². The molecule has 1 fully saturated rings. The van der Waals surface area contributed by atoms with E-state index in [0.717, 1.165) is 37.3 Å². The van der Waals surface area contributed by atoms with Gasteiger partial charge in [-0.3, -0.25) is 9.36 Å². The first-order chi connectivity index (χ1) is 17.9. The average Bonchev–Trinajstić information content (AvgIpc) is 3.59. The lowest BCUT2D eigenvalue weighted by atomic mass is 10.1. The topological polar surface area (TPSA) is 111 Å². The van der Waals surface area contributed by atoms with Gasteiger partial charge < -0.3 is 10.1 Å². The number of hydrogen-bond donors (Lipinski definition) is 2. The molecule has 0 unspecified atom stereocenters. The second-order valence-corrected chi connectivity index (χ2v) is 8.80. The lowest BCUT2D eigenvalue weighted by Crippen LogP contribution is -2.22. The summed E-state index contributed by atoms with van der Waals surface area (Å²) >= 11 is 0. The molecule has 2 heterocycles. The first kappa shape index (κ1) is 24.5. The molecule has 0 saturated heterocycles. The Hall–Kier alpha value is -4.22. The molecule has 0 radical (unpaired) electrons. The predicted octanol–water partition coefficient (Wildman–Crippen LogP) is 4.61. The molecule has 1 aliphatic carbocycles. The third-order valence-electron chi connectivity index (χ3n) is 6.24. The van der Waals surface area contributed by atoms with Crippen molar-refractivity contribution < 1.29 is 17.9 Å². The molecule has 0 bridgehead atoms. The molecule has 9 nitrogen and oxygen atoms in total. The van der Waals surface area contributed by atoms with Gasteiger partial charge in [0.15, 0.2) is 11.6 Å². The minimum absolute atomic E-state index is 0.0757. The number of aromatic nitrogens is 6. The van der Waals surface area contributed by atoms with Crippen LogP contribution < -0.4 is 15.6 Å². The van der Waals surface area contributed by atoms with Crippen molar-refractivity contribution in [3.05, 3.63) is 82.2 Å². The van der Waals surface area contributed by atoms with Gasteiger partial charge in [0.2, 0.25) is 0 Å². The number of benzene rings is 2. The number of anilines is 2.